The normalized spacial score (nSPS) is 13.4. The summed E-state index contributed by atoms with van der Waals surface area (Å²) in [5, 5.41) is 19.0. The van der Waals surface area contributed by atoms with Gasteiger partial charge in [0.15, 0.2) is 5.84 Å². The van der Waals surface area contributed by atoms with E-state index in [2.05, 4.69) is 15.6 Å². The number of oxime groups is 1. The third-order valence-corrected chi connectivity index (χ3v) is 2.90. The molecule has 1 aromatic heterocycles. The predicted octanol–water partition coefficient (Wildman–Crippen LogP) is 1.10. The molecule has 19 heavy (non-hydrogen) atoms. The molecule has 100 valence electrons. The zero-order valence-electron chi connectivity index (χ0n) is 10.7. The van der Waals surface area contributed by atoms with Crippen molar-refractivity contribution in [3.8, 4) is 5.69 Å². The van der Waals surface area contributed by atoms with Crippen LogP contribution in [0.3, 0.4) is 0 Å². The number of hydrogen-bond donors (Lipinski definition) is 3. The summed E-state index contributed by atoms with van der Waals surface area (Å²) in [5.74, 6) is 0.163. The van der Waals surface area contributed by atoms with Gasteiger partial charge in [0.2, 0.25) is 0 Å². The molecule has 4 N–H and O–H groups in total. The van der Waals surface area contributed by atoms with Crippen LogP contribution in [0.2, 0.25) is 0 Å². The van der Waals surface area contributed by atoms with E-state index in [1.54, 1.807) is 6.20 Å². The Balaban J connectivity index is 2.13. The summed E-state index contributed by atoms with van der Waals surface area (Å²) in [6.45, 7) is 2.44. The Morgan fingerprint density at radius 3 is 2.95 bits per heavy atom. The molecular formula is C13H17N5O. The molecule has 0 saturated heterocycles. The highest BCUT2D eigenvalue weighted by atomic mass is 16.4. The third-order valence-electron chi connectivity index (χ3n) is 2.90. The molecule has 0 amide bonds. The number of nitrogens with one attached hydrogen (secondary N) is 1. The molecule has 6 nitrogen and oxygen atoms in total. The Morgan fingerprint density at radius 2 is 2.26 bits per heavy atom. The van der Waals surface area contributed by atoms with Crippen molar-refractivity contribution in [1.82, 2.24) is 15.1 Å². The first-order valence-electron chi connectivity index (χ1n) is 6.01. The van der Waals surface area contributed by atoms with Crippen molar-refractivity contribution in [3.63, 3.8) is 0 Å². The van der Waals surface area contributed by atoms with Gasteiger partial charge in [-0.2, -0.15) is 5.10 Å². The standard InChI is InChI=1S/C13H17N5O/c1-10(13(14)17-19)15-9-11-5-2-3-6-12(11)18-8-4-7-16-18/h2-8,10,15,19H,9H2,1H3,(H2,14,17). The molecule has 0 radical (unpaired) electrons. The van der Waals surface area contributed by atoms with E-state index < -0.39 is 0 Å². The molecule has 6 heteroatoms. The van der Waals surface area contributed by atoms with E-state index in [1.165, 1.54) is 0 Å². The average molecular weight is 259 g/mol. The van der Waals surface area contributed by atoms with Crippen molar-refractivity contribution in [2.24, 2.45) is 10.9 Å². The van der Waals surface area contributed by atoms with Crippen LogP contribution in [0.15, 0.2) is 47.9 Å². The quantitative estimate of drug-likeness (QED) is 0.325. The zero-order valence-corrected chi connectivity index (χ0v) is 10.7. The first-order valence-corrected chi connectivity index (χ1v) is 6.01. The SMILES string of the molecule is CC(NCc1ccccc1-n1cccn1)C(N)=NO. The second-order valence-electron chi connectivity index (χ2n) is 4.21. The zero-order chi connectivity index (χ0) is 13.7. The molecule has 2 aromatic rings. The summed E-state index contributed by atoms with van der Waals surface area (Å²) in [6, 6.07) is 9.63. The highest BCUT2D eigenvalue weighted by Crippen LogP contribution is 2.13. The van der Waals surface area contributed by atoms with E-state index in [4.69, 9.17) is 10.9 Å². The second kappa shape index (κ2) is 6.01. The van der Waals surface area contributed by atoms with Crippen LogP contribution in [0.4, 0.5) is 0 Å². The van der Waals surface area contributed by atoms with Crippen LogP contribution < -0.4 is 11.1 Å². The van der Waals surface area contributed by atoms with Crippen LogP contribution in [0, 0.1) is 0 Å². The fourth-order valence-electron chi connectivity index (χ4n) is 1.75. The molecular weight excluding hydrogens is 242 g/mol. The minimum atomic E-state index is -0.198. The van der Waals surface area contributed by atoms with Gasteiger partial charge in [0, 0.05) is 18.9 Å². The van der Waals surface area contributed by atoms with E-state index >= 15 is 0 Å². The number of benzene rings is 1. The summed E-state index contributed by atoms with van der Waals surface area (Å²) >= 11 is 0. The number of rotatable bonds is 5. The molecule has 0 fully saturated rings. The smallest absolute Gasteiger partial charge is 0.156 e. The van der Waals surface area contributed by atoms with Crippen LogP contribution in [0.25, 0.3) is 5.69 Å². The molecule has 1 unspecified atom stereocenters. The van der Waals surface area contributed by atoms with Crippen LogP contribution >= 0.6 is 0 Å². The Morgan fingerprint density at radius 1 is 1.47 bits per heavy atom. The number of nitrogens with zero attached hydrogens (tertiary/aromatic N) is 3. The highest BCUT2D eigenvalue weighted by molar-refractivity contribution is 5.84. The molecule has 0 bridgehead atoms. The number of nitrogens with two attached hydrogens (primary N) is 1. The topological polar surface area (TPSA) is 88.5 Å². The van der Waals surface area contributed by atoms with Gasteiger partial charge in [-0.25, -0.2) is 4.68 Å². The fourth-order valence-corrected chi connectivity index (χ4v) is 1.75. The van der Waals surface area contributed by atoms with Crippen molar-refractivity contribution in [2.75, 3.05) is 0 Å². The molecule has 0 spiro atoms. The minimum absolute atomic E-state index is 0.163. The number of aromatic nitrogens is 2. The lowest BCUT2D eigenvalue weighted by molar-refractivity contribution is 0.315. The van der Waals surface area contributed by atoms with E-state index in [0.717, 1.165) is 11.3 Å². The number of amidine groups is 1. The van der Waals surface area contributed by atoms with Gasteiger partial charge in [-0.05, 0) is 24.6 Å². The summed E-state index contributed by atoms with van der Waals surface area (Å²) in [4.78, 5) is 0. The van der Waals surface area contributed by atoms with Gasteiger partial charge in [-0.1, -0.05) is 23.4 Å². The van der Waals surface area contributed by atoms with Gasteiger partial charge in [-0.15, -0.1) is 0 Å². The Bertz CT molecular complexity index is 550. The Hall–Kier alpha value is -2.34. The van der Waals surface area contributed by atoms with Gasteiger partial charge < -0.3 is 16.3 Å². The van der Waals surface area contributed by atoms with Crippen molar-refractivity contribution in [3.05, 3.63) is 48.3 Å². The second-order valence-corrected chi connectivity index (χ2v) is 4.21. The number of para-hydroxylation sites is 1. The van der Waals surface area contributed by atoms with Crippen LogP contribution in [0.1, 0.15) is 12.5 Å². The number of hydrogen-bond acceptors (Lipinski definition) is 4. The van der Waals surface area contributed by atoms with Crippen molar-refractivity contribution in [2.45, 2.75) is 19.5 Å². The lowest BCUT2D eigenvalue weighted by atomic mass is 10.1. The minimum Gasteiger partial charge on any atom is -0.409 e. The van der Waals surface area contributed by atoms with Crippen LogP contribution in [-0.4, -0.2) is 26.9 Å². The highest BCUT2D eigenvalue weighted by Gasteiger charge is 2.09. The first kappa shape index (κ1) is 13.1. The van der Waals surface area contributed by atoms with E-state index in [0.29, 0.717) is 6.54 Å². The molecule has 0 aliphatic rings. The third kappa shape index (κ3) is 3.11. The Labute approximate surface area is 111 Å². The Kier molecular flexibility index (Phi) is 4.15. The first-order chi connectivity index (χ1) is 9.22. The van der Waals surface area contributed by atoms with E-state index in [-0.39, 0.29) is 11.9 Å². The molecule has 1 aromatic carbocycles. The van der Waals surface area contributed by atoms with Gasteiger partial charge >= 0.3 is 0 Å². The van der Waals surface area contributed by atoms with Gasteiger partial charge in [-0.3, -0.25) is 0 Å². The molecule has 0 saturated carbocycles. The fraction of sp³-hybridized carbons (Fsp3) is 0.231. The summed E-state index contributed by atoms with van der Waals surface area (Å²) in [6.07, 6.45) is 3.63. The molecule has 1 heterocycles. The maximum Gasteiger partial charge on any atom is 0.156 e. The molecule has 1 atom stereocenters. The lowest BCUT2D eigenvalue weighted by Gasteiger charge is -2.14. The maximum absolute atomic E-state index is 8.62. The lowest BCUT2D eigenvalue weighted by Crippen LogP contribution is -2.38. The molecule has 0 aliphatic heterocycles. The van der Waals surface area contributed by atoms with Crippen molar-refractivity contribution < 1.29 is 5.21 Å². The van der Waals surface area contributed by atoms with Gasteiger partial charge in [0.25, 0.3) is 0 Å². The monoisotopic (exact) mass is 259 g/mol. The van der Waals surface area contributed by atoms with Gasteiger partial charge in [0.1, 0.15) is 0 Å². The molecule has 2 rings (SSSR count). The summed E-state index contributed by atoms with van der Waals surface area (Å²) < 4.78 is 1.81. The maximum atomic E-state index is 8.62. The molecule has 0 aliphatic carbocycles. The van der Waals surface area contributed by atoms with Crippen molar-refractivity contribution >= 4 is 5.84 Å². The van der Waals surface area contributed by atoms with E-state index in [1.807, 2.05) is 48.1 Å². The van der Waals surface area contributed by atoms with Crippen LogP contribution in [0.5, 0.6) is 0 Å². The average Bonchev–Trinajstić information content (AvgIpc) is 2.98. The van der Waals surface area contributed by atoms with E-state index in [9.17, 15) is 0 Å². The van der Waals surface area contributed by atoms with Gasteiger partial charge in [0.05, 0.1) is 11.7 Å². The summed E-state index contributed by atoms with van der Waals surface area (Å²) in [5.41, 5.74) is 7.63. The summed E-state index contributed by atoms with van der Waals surface area (Å²) in [7, 11) is 0. The van der Waals surface area contributed by atoms with Crippen molar-refractivity contribution in [1.29, 1.82) is 0 Å². The van der Waals surface area contributed by atoms with Crippen LogP contribution in [-0.2, 0) is 6.54 Å². The largest absolute Gasteiger partial charge is 0.409 e. The predicted molar refractivity (Wildman–Crippen MR) is 73.3 cm³/mol.